The van der Waals surface area contributed by atoms with Crippen molar-refractivity contribution in [3.05, 3.63) is 74.7 Å². The van der Waals surface area contributed by atoms with Crippen molar-refractivity contribution in [3.63, 3.8) is 0 Å². The van der Waals surface area contributed by atoms with Gasteiger partial charge in [-0.1, -0.05) is 11.6 Å². The van der Waals surface area contributed by atoms with Gasteiger partial charge in [-0.15, -0.1) is 0 Å². The number of carbonyl (C=O) groups excluding carboxylic acids is 5. The molecule has 5 aliphatic rings. The van der Waals surface area contributed by atoms with Gasteiger partial charge in [0.1, 0.15) is 11.1 Å². The van der Waals surface area contributed by atoms with Gasteiger partial charge < -0.3 is 34.9 Å². The van der Waals surface area contributed by atoms with Gasteiger partial charge in [-0.05, 0) is 102 Å². The highest BCUT2D eigenvalue weighted by Crippen LogP contribution is 2.38. The molecule has 0 radical (unpaired) electrons. The van der Waals surface area contributed by atoms with Gasteiger partial charge in [0.05, 0.1) is 35.0 Å². The van der Waals surface area contributed by atoms with Crippen LogP contribution in [0.25, 0.3) is 10.9 Å². The SMILES string of the molecule is Cc1c(N2CCN(C3CC(OC4CCN(c5ncc(Cl)c(Nc6ccc7c(c6)cc(OCC(N)=O)c(=O)n7C(C)C)n5)CC4)C3)C[C@H]2C)ccc2c1C(=O)N(C1CCC(=O)NC1=O)C2=O. The van der Waals surface area contributed by atoms with Gasteiger partial charge in [-0.2, -0.15) is 4.98 Å². The number of anilines is 4. The molecule has 1 saturated carbocycles. The number of hydrogen-bond acceptors (Lipinski definition) is 14. The molecule has 342 valence electrons. The molecule has 2 aromatic carbocycles. The predicted molar refractivity (Wildman–Crippen MR) is 243 cm³/mol. The molecule has 4 fully saturated rings. The van der Waals surface area contributed by atoms with Crippen LogP contribution in [-0.2, 0) is 19.1 Å². The highest BCUT2D eigenvalue weighted by molar-refractivity contribution is 6.33. The second kappa shape index (κ2) is 17.7. The lowest BCUT2D eigenvalue weighted by Gasteiger charge is -2.50. The van der Waals surface area contributed by atoms with Crippen LogP contribution in [0, 0.1) is 6.92 Å². The van der Waals surface area contributed by atoms with Crippen LogP contribution >= 0.6 is 11.6 Å². The van der Waals surface area contributed by atoms with Crippen LogP contribution in [0.3, 0.4) is 0 Å². The Morgan fingerprint density at radius 1 is 0.985 bits per heavy atom. The quantitative estimate of drug-likeness (QED) is 0.171. The van der Waals surface area contributed by atoms with E-state index in [2.05, 4.69) is 37.2 Å². The Kier molecular flexibility index (Phi) is 12.0. The number of fused-ring (bicyclic) bond motifs is 2. The van der Waals surface area contributed by atoms with Gasteiger partial charge in [-0.25, -0.2) is 4.98 Å². The molecule has 65 heavy (non-hydrogen) atoms. The number of benzene rings is 2. The number of piperidine rings is 2. The molecule has 4 N–H and O–H groups in total. The molecule has 1 aliphatic carbocycles. The molecule has 0 bridgehead atoms. The van der Waals surface area contributed by atoms with Crippen molar-refractivity contribution in [2.45, 2.75) is 103 Å². The maximum absolute atomic E-state index is 13.7. The molecule has 1 unspecified atom stereocenters. The van der Waals surface area contributed by atoms with E-state index in [0.717, 1.165) is 79.9 Å². The van der Waals surface area contributed by atoms with E-state index in [1.807, 2.05) is 45.0 Å². The zero-order chi connectivity index (χ0) is 45.8. The molecule has 2 atom stereocenters. The third-order valence-electron chi connectivity index (χ3n) is 13.4. The van der Waals surface area contributed by atoms with Gasteiger partial charge in [0, 0.05) is 74.0 Å². The molecule has 5 amide bonds. The third kappa shape index (κ3) is 8.50. The van der Waals surface area contributed by atoms with E-state index in [1.54, 1.807) is 22.9 Å². The lowest BCUT2D eigenvalue weighted by molar-refractivity contribution is -0.136. The second-order valence-electron chi connectivity index (χ2n) is 18.0. The number of halogens is 1. The zero-order valence-corrected chi connectivity index (χ0v) is 37.6. The van der Waals surface area contributed by atoms with E-state index in [0.29, 0.717) is 45.2 Å². The Hall–Kier alpha value is -6.11. The fraction of sp³-hybridized carbons (Fsp3) is 0.478. The molecular formula is C46H53ClN10O8. The summed E-state index contributed by atoms with van der Waals surface area (Å²) in [6, 6.07) is 10.2. The number of carbonyl (C=O) groups is 5. The molecule has 18 nitrogen and oxygen atoms in total. The summed E-state index contributed by atoms with van der Waals surface area (Å²) in [4.78, 5) is 93.2. The van der Waals surface area contributed by atoms with Crippen molar-refractivity contribution in [2.24, 2.45) is 5.73 Å². The minimum Gasteiger partial charge on any atom is -0.478 e. The van der Waals surface area contributed by atoms with Crippen LogP contribution in [-0.4, -0.2) is 124 Å². The number of aromatic nitrogens is 3. The van der Waals surface area contributed by atoms with E-state index < -0.39 is 42.2 Å². The molecular weight excluding hydrogens is 856 g/mol. The molecule has 3 saturated heterocycles. The number of pyridine rings is 1. The smallest absolute Gasteiger partial charge is 0.293 e. The fourth-order valence-electron chi connectivity index (χ4n) is 10.0. The number of nitrogens with one attached hydrogen (secondary N) is 2. The minimum atomic E-state index is -0.995. The number of ether oxygens (including phenoxy) is 2. The average Bonchev–Trinajstić information content (AvgIpc) is 3.51. The Labute approximate surface area is 380 Å². The number of amides is 5. The monoisotopic (exact) mass is 908 g/mol. The summed E-state index contributed by atoms with van der Waals surface area (Å²) in [6.07, 6.45) is 5.75. The first-order valence-corrected chi connectivity index (χ1v) is 22.7. The van der Waals surface area contributed by atoms with Gasteiger partial charge in [0.25, 0.3) is 23.3 Å². The zero-order valence-electron chi connectivity index (χ0n) is 36.8. The summed E-state index contributed by atoms with van der Waals surface area (Å²) in [5.41, 5.74) is 8.59. The fourth-order valence-corrected chi connectivity index (χ4v) is 10.1. The van der Waals surface area contributed by atoms with E-state index in [4.69, 9.17) is 31.8 Å². The molecule has 9 rings (SSSR count). The van der Waals surface area contributed by atoms with Gasteiger partial charge in [-0.3, -0.25) is 43.9 Å². The number of imide groups is 2. The average molecular weight is 909 g/mol. The summed E-state index contributed by atoms with van der Waals surface area (Å²) in [7, 11) is 0. The normalized spacial score (nSPS) is 23.0. The highest BCUT2D eigenvalue weighted by Gasteiger charge is 2.46. The first-order chi connectivity index (χ1) is 31.1. The maximum atomic E-state index is 13.7. The number of primary amides is 1. The predicted octanol–water partition coefficient (Wildman–Crippen LogP) is 4.07. The van der Waals surface area contributed by atoms with Crippen LogP contribution in [0.2, 0.25) is 5.02 Å². The molecule has 4 aromatic rings. The summed E-state index contributed by atoms with van der Waals surface area (Å²) in [5.74, 6) is -1.62. The molecule has 6 heterocycles. The molecule has 19 heteroatoms. The molecule has 2 aromatic heterocycles. The van der Waals surface area contributed by atoms with Crippen molar-refractivity contribution in [3.8, 4) is 5.75 Å². The third-order valence-corrected chi connectivity index (χ3v) is 13.7. The van der Waals surface area contributed by atoms with Crippen molar-refractivity contribution >= 4 is 75.2 Å². The number of rotatable bonds is 12. The van der Waals surface area contributed by atoms with E-state index in [9.17, 15) is 28.8 Å². The Bertz CT molecular complexity index is 2660. The Balaban J connectivity index is 0.763. The van der Waals surface area contributed by atoms with Crippen molar-refractivity contribution in [1.29, 1.82) is 0 Å². The van der Waals surface area contributed by atoms with Crippen molar-refractivity contribution < 1.29 is 33.4 Å². The summed E-state index contributed by atoms with van der Waals surface area (Å²) in [5, 5.41) is 6.64. The van der Waals surface area contributed by atoms with Gasteiger partial charge >= 0.3 is 0 Å². The van der Waals surface area contributed by atoms with E-state index in [-0.39, 0.29) is 48.4 Å². The summed E-state index contributed by atoms with van der Waals surface area (Å²) >= 11 is 6.59. The highest BCUT2D eigenvalue weighted by atomic mass is 35.5. The molecule has 4 aliphatic heterocycles. The first kappa shape index (κ1) is 44.1. The molecule has 0 spiro atoms. The number of piperazine rings is 1. The van der Waals surface area contributed by atoms with Gasteiger partial charge in [0.2, 0.25) is 17.8 Å². The lowest BCUT2D eigenvalue weighted by atomic mass is 9.86. The minimum absolute atomic E-state index is 0.0348. The Morgan fingerprint density at radius 3 is 2.46 bits per heavy atom. The lowest BCUT2D eigenvalue weighted by Crippen LogP contribution is -2.59. The number of hydrogen-bond donors (Lipinski definition) is 3. The van der Waals surface area contributed by atoms with Crippen LogP contribution in [0.4, 0.5) is 23.1 Å². The van der Waals surface area contributed by atoms with Crippen LogP contribution in [0.5, 0.6) is 5.75 Å². The second-order valence-corrected chi connectivity index (χ2v) is 18.4. The number of nitrogens with zero attached hydrogens (tertiary/aromatic N) is 7. The Morgan fingerprint density at radius 2 is 1.75 bits per heavy atom. The van der Waals surface area contributed by atoms with Crippen LogP contribution in [0.1, 0.15) is 91.6 Å². The first-order valence-electron chi connectivity index (χ1n) is 22.3. The van der Waals surface area contributed by atoms with Crippen molar-refractivity contribution in [1.82, 2.24) is 29.7 Å². The maximum Gasteiger partial charge on any atom is 0.293 e. The van der Waals surface area contributed by atoms with E-state index in [1.165, 1.54) is 0 Å². The topological polar surface area (TPSA) is 215 Å². The number of nitrogens with two attached hydrogens (primary N) is 1. The van der Waals surface area contributed by atoms with E-state index >= 15 is 0 Å². The summed E-state index contributed by atoms with van der Waals surface area (Å²) in [6.45, 7) is 11.4. The largest absolute Gasteiger partial charge is 0.478 e. The van der Waals surface area contributed by atoms with Gasteiger partial charge in [0.15, 0.2) is 18.2 Å². The van der Waals surface area contributed by atoms with Crippen LogP contribution in [0.15, 0.2) is 47.4 Å². The summed E-state index contributed by atoms with van der Waals surface area (Å²) < 4.78 is 13.7. The standard InChI is InChI=1S/C46H53ClN10O8/c1-24(2)56-35-7-5-28(17-27(35)18-37(44(56)62)64-23-38(48)58)50-41-33(47)21-49-46(52-41)53-13-11-30(12-14-53)65-31-19-29(20-31)54-15-16-55(25(3)22-54)34-8-6-32-40(26(34)4)45(63)57(43(32)61)36-9-10-39(59)51-42(36)60/h5-8,17-18,21,24-25,29-31,36H,9-16,19-20,22-23H2,1-4H3,(H2,48,58)(H,49,50,52)(H,51,59,60)/t25-,29?,31?,36?/m1/s1. The van der Waals surface area contributed by atoms with Crippen LogP contribution < -0.4 is 36.5 Å². The van der Waals surface area contributed by atoms with Crippen molar-refractivity contribution in [2.75, 3.05) is 54.4 Å².